The highest BCUT2D eigenvalue weighted by Crippen LogP contribution is 2.46. The van der Waals surface area contributed by atoms with Crippen molar-refractivity contribution >= 4 is 19.6 Å². The average Bonchev–Trinajstić information content (AvgIpc) is 2.67. The molecule has 0 spiro atoms. The van der Waals surface area contributed by atoms with Gasteiger partial charge in [-0.2, -0.15) is 0 Å². The molecule has 0 fully saturated rings. The largest absolute Gasteiger partial charge is 0.747 e. The molecule has 0 radical (unpaired) electrons. The first-order valence-electron chi connectivity index (χ1n) is 7.56. The van der Waals surface area contributed by atoms with Crippen LogP contribution in [0.5, 0.6) is 5.75 Å². The van der Waals surface area contributed by atoms with E-state index >= 15 is 0 Å². The summed E-state index contributed by atoms with van der Waals surface area (Å²) in [5, 5.41) is 0. The molecule has 0 saturated carbocycles. The first kappa shape index (κ1) is 17.3. The van der Waals surface area contributed by atoms with E-state index in [9.17, 15) is 9.46 Å². The van der Waals surface area contributed by atoms with Crippen molar-refractivity contribution in [2.75, 3.05) is 0 Å². The Balaban J connectivity index is 2.38. The molecule has 26 heavy (non-hydrogen) atoms. The lowest BCUT2D eigenvalue weighted by atomic mass is 9.92. The van der Waals surface area contributed by atoms with E-state index in [0.717, 1.165) is 0 Å². The van der Waals surface area contributed by atoms with Gasteiger partial charge in [0.2, 0.25) is 0 Å². The third kappa shape index (κ3) is 3.31. The summed E-state index contributed by atoms with van der Waals surface area (Å²) in [6.45, 7) is 14.8. The molecule has 1 N–H and O–H groups in total. The molecule has 0 aromatic heterocycles. The van der Waals surface area contributed by atoms with Crippen LogP contribution >= 0.6 is 8.25 Å². The Morgan fingerprint density at radius 1 is 0.769 bits per heavy atom. The minimum Gasteiger partial charge on any atom is -0.238 e. The van der Waals surface area contributed by atoms with E-state index in [4.69, 9.17) is 17.7 Å². The van der Waals surface area contributed by atoms with E-state index < -0.39 is 8.25 Å². The van der Waals surface area contributed by atoms with Crippen LogP contribution in [-0.4, -0.2) is 4.89 Å². The smallest absolute Gasteiger partial charge is 0.238 e. The molecule has 1 atom stereocenters. The fourth-order valence-corrected chi connectivity index (χ4v) is 3.10. The number of hydrogen-bond donors (Lipinski definition) is 1. The van der Waals surface area contributed by atoms with Crippen molar-refractivity contribution in [3.63, 3.8) is 0 Å². The fourth-order valence-electron chi connectivity index (χ4n) is 2.78. The lowest BCUT2D eigenvalue weighted by Gasteiger charge is -2.14. The minimum absolute atomic E-state index is 0.182. The first-order chi connectivity index (χ1) is 12.7. The SMILES string of the molecule is [C-]#[N+]c1ccccc1-c1cccc(O[P+](=O)O)c1-c1ccccc1[N+]#[C-]. The Hall–Kier alpha value is -3.50. The highest BCUT2D eigenvalue weighted by molar-refractivity contribution is 7.32. The van der Waals surface area contributed by atoms with Gasteiger partial charge in [0.1, 0.15) is 0 Å². The summed E-state index contributed by atoms with van der Waals surface area (Å²) in [5.74, 6) is 0.182. The van der Waals surface area contributed by atoms with Crippen LogP contribution in [0.2, 0.25) is 0 Å². The molecule has 1 unspecified atom stereocenters. The van der Waals surface area contributed by atoms with Crippen LogP contribution in [0.4, 0.5) is 11.4 Å². The monoisotopic (exact) mass is 359 g/mol. The molecule has 0 aliphatic carbocycles. The summed E-state index contributed by atoms with van der Waals surface area (Å²) in [7, 11) is -2.88. The zero-order chi connectivity index (χ0) is 18.5. The Labute approximate surface area is 151 Å². The maximum atomic E-state index is 11.3. The summed E-state index contributed by atoms with van der Waals surface area (Å²) in [6.07, 6.45) is 0. The molecule has 3 rings (SSSR count). The van der Waals surface area contributed by atoms with Crippen molar-refractivity contribution < 1.29 is 14.0 Å². The van der Waals surface area contributed by atoms with Crippen LogP contribution in [0.25, 0.3) is 31.9 Å². The van der Waals surface area contributed by atoms with Crippen molar-refractivity contribution in [3.05, 3.63) is 89.6 Å². The van der Waals surface area contributed by atoms with E-state index in [0.29, 0.717) is 33.6 Å². The van der Waals surface area contributed by atoms with Crippen LogP contribution in [-0.2, 0) is 4.57 Å². The van der Waals surface area contributed by atoms with Gasteiger partial charge in [-0.3, -0.25) is 0 Å². The van der Waals surface area contributed by atoms with E-state index in [-0.39, 0.29) is 5.75 Å². The molecule has 0 bridgehead atoms. The first-order valence-corrected chi connectivity index (χ1v) is 8.69. The highest BCUT2D eigenvalue weighted by Gasteiger charge is 2.23. The van der Waals surface area contributed by atoms with Crippen molar-refractivity contribution in [2.24, 2.45) is 0 Å². The second kappa shape index (κ2) is 7.59. The highest BCUT2D eigenvalue weighted by atomic mass is 31.1. The normalized spacial score (nSPS) is 10.5. The molecule has 3 aromatic carbocycles. The Morgan fingerprint density at radius 3 is 1.92 bits per heavy atom. The van der Waals surface area contributed by atoms with Gasteiger partial charge in [0.15, 0.2) is 17.1 Å². The Bertz CT molecular complexity index is 1080. The zero-order valence-corrected chi connectivity index (χ0v) is 14.4. The molecule has 5 nitrogen and oxygen atoms in total. The Kier molecular flexibility index (Phi) is 5.06. The van der Waals surface area contributed by atoms with Gasteiger partial charge in [0, 0.05) is 10.1 Å². The number of hydrogen-bond acceptors (Lipinski definition) is 2. The summed E-state index contributed by atoms with van der Waals surface area (Å²) in [6, 6.07) is 19.1. The molecule has 124 valence electrons. The molecule has 6 heteroatoms. The molecule has 0 heterocycles. The second-order valence-corrected chi connectivity index (χ2v) is 5.92. The molecule has 3 aromatic rings. The van der Waals surface area contributed by atoms with Crippen molar-refractivity contribution in [2.45, 2.75) is 0 Å². The van der Waals surface area contributed by atoms with Gasteiger partial charge >= 0.3 is 8.25 Å². The minimum atomic E-state index is -2.88. The van der Waals surface area contributed by atoms with Crippen molar-refractivity contribution in [1.82, 2.24) is 0 Å². The summed E-state index contributed by atoms with van der Waals surface area (Å²) in [4.78, 5) is 16.3. The predicted octanol–water partition coefficient (Wildman–Crippen LogP) is 6.15. The van der Waals surface area contributed by atoms with Crippen molar-refractivity contribution in [3.8, 4) is 28.0 Å². The molecular formula is C20H12N2O3P+. The van der Waals surface area contributed by atoms with Crippen LogP contribution in [0.15, 0.2) is 66.7 Å². The van der Waals surface area contributed by atoms with Gasteiger partial charge in [0.25, 0.3) is 0 Å². The van der Waals surface area contributed by atoms with Crippen LogP contribution in [0, 0.1) is 13.1 Å². The van der Waals surface area contributed by atoms with Gasteiger partial charge in [-0.25, -0.2) is 14.2 Å². The number of rotatable bonds is 4. The molecule has 0 amide bonds. The predicted molar refractivity (Wildman–Crippen MR) is 100 cm³/mol. The number of para-hydroxylation sites is 2. The van der Waals surface area contributed by atoms with Gasteiger partial charge < -0.3 is 0 Å². The fraction of sp³-hybridized carbons (Fsp3) is 0. The van der Waals surface area contributed by atoms with Crippen molar-refractivity contribution in [1.29, 1.82) is 0 Å². The quantitative estimate of drug-likeness (QED) is 0.449. The third-order valence-corrected chi connectivity index (χ3v) is 4.16. The number of benzene rings is 3. The van der Waals surface area contributed by atoms with Gasteiger partial charge in [0.05, 0.1) is 13.1 Å². The lowest BCUT2D eigenvalue weighted by molar-refractivity contribution is 0.411. The Morgan fingerprint density at radius 2 is 1.31 bits per heavy atom. The van der Waals surface area contributed by atoms with Gasteiger partial charge in [-0.1, -0.05) is 60.7 Å². The van der Waals surface area contributed by atoms with E-state index in [1.807, 2.05) is 6.07 Å². The molecule has 0 aliphatic rings. The maximum absolute atomic E-state index is 11.3. The third-order valence-electron chi connectivity index (χ3n) is 3.81. The standard InChI is InChI=1S/C20H11N2O3P/c1-21-17-11-5-3-8-14(17)15-10-7-13-19(25-26(23)24)20(15)16-9-4-6-12-18(16)22-2/h3-13H/p+1. The van der Waals surface area contributed by atoms with E-state index in [1.54, 1.807) is 60.7 Å². The topological polar surface area (TPSA) is 55.2 Å². The maximum Gasteiger partial charge on any atom is 0.747 e. The summed E-state index contributed by atoms with van der Waals surface area (Å²) < 4.78 is 16.4. The van der Waals surface area contributed by atoms with Gasteiger partial charge in [-0.15, -0.1) is 4.89 Å². The average molecular weight is 359 g/mol. The van der Waals surface area contributed by atoms with Crippen LogP contribution in [0.1, 0.15) is 0 Å². The lowest BCUT2D eigenvalue weighted by Crippen LogP contribution is -1.91. The summed E-state index contributed by atoms with van der Waals surface area (Å²) >= 11 is 0. The molecule has 0 saturated heterocycles. The molecule has 0 aliphatic heterocycles. The van der Waals surface area contributed by atoms with Crippen LogP contribution < -0.4 is 4.52 Å². The van der Waals surface area contributed by atoms with E-state index in [1.165, 1.54) is 0 Å². The van der Waals surface area contributed by atoms with Gasteiger partial charge in [-0.05, 0) is 22.8 Å². The second-order valence-electron chi connectivity index (χ2n) is 5.27. The summed E-state index contributed by atoms with van der Waals surface area (Å²) in [5.41, 5.74) is 3.23. The number of nitrogens with zero attached hydrogens (tertiary/aromatic N) is 2. The van der Waals surface area contributed by atoms with Crippen LogP contribution in [0.3, 0.4) is 0 Å². The zero-order valence-electron chi connectivity index (χ0n) is 13.5. The molecular weight excluding hydrogens is 347 g/mol. The van der Waals surface area contributed by atoms with E-state index in [2.05, 4.69) is 9.69 Å².